The van der Waals surface area contributed by atoms with Gasteiger partial charge in [0.2, 0.25) is 0 Å². The lowest BCUT2D eigenvalue weighted by Crippen LogP contribution is -2.38. The molecule has 1 aliphatic heterocycles. The van der Waals surface area contributed by atoms with Crippen molar-refractivity contribution in [2.24, 2.45) is 0 Å². The summed E-state index contributed by atoms with van der Waals surface area (Å²) in [6, 6.07) is 4.15. The first-order valence-electron chi connectivity index (χ1n) is 8.48. The third-order valence-electron chi connectivity index (χ3n) is 5.03. The number of nitrogens with zero attached hydrogens (tertiary/aromatic N) is 1. The number of aryl methyl sites for hydroxylation is 1. The number of methoxy groups -OCH3 is 1. The van der Waals surface area contributed by atoms with Gasteiger partial charge in [-0.25, -0.2) is 4.79 Å². The van der Waals surface area contributed by atoms with E-state index in [-0.39, 0.29) is 6.42 Å². The second-order valence-electron chi connectivity index (χ2n) is 6.44. The summed E-state index contributed by atoms with van der Waals surface area (Å²) in [5, 5.41) is 0.826. The molecular formula is C19H23NO5. The van der Waals surface area contributed by atoms with E-state index >= 15 is 0 Å². The van der Waals surface area contributed by atoms with Gasteiger partial charge in [0, 0.05) is 18.0 Å². The predicted octanol–water partition coefficient (Wildman–Crippen LogP) is 2.77. The fourth-order valence-electron chi connectivity index (χ4n) is 3.14. The zero-order chi connectivity index (χ0) is 18.1. The summed E-state index contributed by atoms with van der Waals surface area (Å²) in [7, 11) is 1.30. The molecule has 1 aromatic heterocycles. The highest BCUT2D eigenvalue weighted by Crippen LogP contribution is 2.34. The second-order valence-corrected chi connectivity index (χ2v) is 6.44. The molecule has 0 unspecified atom stereocenters. The number of hydrogen-bond acceptors (Lipinski definition) is 6. The molecule has 2 heterocycles. The molecule has 0 saturated carbocycles. The average molecular weight is 345 g/mol. The van der Waals surface area contributed by atoms with Crippen LogP contribution < -0.4 is 10.4 Å². The average Bonchev–Trinajstić information content (AvgIpc) is 2.63. The number of esters is 1. The lowest BCUT2D eigenvalue weighted by Gasteiger charge is -2.33. The summed E-state index contributed by atoms with van der Waals surface area (Å²) in [5.74, 6) is 0.286. The molecule has 0 fully saturated rings. The van der Waals surface area contributed by atoms with Gasteiger partial charge in [0.1, 0.15) is 18.1 Å². The molecule has 6 heteroatoms. The lowest BCUT2D eigenvalue weighted by molar-refractivity contribution is -0.139. The molecule has 0 amide bonds. The van der Waals surface area contributed by atoms with E-state index in [1.807, 2.05) is 19.1 Å². The molecule has 1 atom stereocenters. The van der Waals surface area contributed by atoms with Gasteiger partial charge in [0.15, 0.2) is 0 Å². The van der Waals surface area contributed by atoms with Crippen molar-refractivity contribution in [3.05, 3.63) is 39.2 Å². The Bertz CT molecular complexity index is 870. The third kappa shape index (κ3) is 3.14. The molecule has 0 saturated heterocycles. The van der Waals surface area contributed by atoms with Gasteiger partial charge >= 0.3 is 11.6 Å². The van der Waals surface area contributed by atoms with Crippen LogP contribution in [0, 0.1) is 6.92 Å². The van der Waals surface area contributed by atoms with Gasteiger partial charge in [-0.05, 0) is 38.0 Å². The largest absolute Gasteiger partial charge is 0.478 e. The van der Waals surface area contributed by atoms with Crippen LogP contribution in [0.1, 0.15) is 37.0 Å². The summed E-state index contributed by atoms with van der Waals surface area (Å²) < 4.78 is 16.1. The maximum Gasteiger partial charge on any atom is 0.340 e. The normalized spacial score (nSPS) is 15.5. The Morgan fingerprint density at radius 3 is 2.84 bits per heavy atom. The number of hydrogen-bond donors (Lipinski definition) is 0. The van der Waals surface area contributed by atoms with Crippen molar-refractivity contribution >= 4 is 16.9 Å². The minimum atomic E-state index is -0.496. The van der Waals surface area contributed by atoms with Crippen LogP contribution in [-0.4, -0.2) is 30.8 Å². The van der Waals surface area contributed by atoms with E-state index in [2.05, 4.69) is 23.5 Å². The summed E-state index contributed by atoms with van der Waals surface area (Å²) in [5.41, 5.74) is 2.02. The summed E-state index contributed by atoms with van der Waals surface area (Å²) in [6.45, 7) is 7.31. The molecule has 2 aromatic rings. The van der Waals surface area contributed by atoms with Gasteiger partial charge in [-0.3, -0.25) is 9.69 Å². The molecule has 0 bridgehead atoms. The van der Waals surface area contributed by atoms with Gasteiger partial charge in [-0.15, -0.1) is 0 Å². The maximum absolute atomic E-state index is 12.4. The first kappa shape index (κ1) is 17.5. The van der Waals surface area contributed by atoms with Gasteiger partial charge in [0.25, 0.3) is 0 Å². The quantitative estimate of drug-likeness (QED) is 0.627. The Morgan fingerprint density at radius 1 is 1.40 bits per heavy atom. The van der Waals surface area contributed by atoms with Crippen LogP contribution in [-0.2, 0) is 22.5 Å². The molecule has 25 heavy (non-hydrogen) atoms. The Hall–Kier alpha value is -2.34. The molecule has 134 valence electrons. The van der Waals surface area contributed by atoms with Crippen LogP contribution in [0.25, 0.3) is 11.0 Å². The number of carbonyl (C=O) groups excluding carboxylic acids is 1. The SMILES string of the molecule is CC[C@@H](C)N1COc2ccc3c(C)c(CC(=O)OC)c(=O)oc3c2C1. The Morgan fingerprint density at radius 2 is 2.16 bits per heavy atom. The molecule has 6 nitrogen and oxygen atoms in total. The van der Waals surface area contributed by atoms with Gasteiger partial charge in [0.05, 0.1) is 24.7 Å². The number of rotatable bonds is 4. The van der Waals surface area contributed by atoms with Crippen molar-refractivity contribution in [1.82, 2.24) is 4.90 Å². The highest BCUT2D eigenvalue weighted by molar-refractivity contribution is 5.87. The number of benzene rings is 1. The van der Waals surface area contributed by atoms with Gasteiger partial charge < -0.3 is 13.9 Å². The smallest absolute Gasteiger partial charge is 0.340 e. The van der Waals surface area contributed by atoms with Crippen molar-refractivity contribution in [3.8, 4) is 5.75 Å². The molecule has 0 radical (unpaired) electrons. The number of ether oxygens (including phenoxy) is 2. The van der Waals surface area contributed by atoms with Crippen LogP contribution >= 0.6 is 0 Å². The highest BCUT2D eigenvalue weighted by Gasteiger charge is 2.25. The molecular weight excluding hydrogens is 322 g/mol. The first-order valence-corrected chi connectivity index (χ1v) is 8.48. The standard InChI is InChI=1S/C19H23NO5/c1-5-11(2)20-9-15-16(24-10-20)7-6-13-12(3)14(8-17(21)23-4)19(22)25-18(13)15/h6-7,11H,5,8-10H2,1-4H3/t11-/m1/s1. The van der Waals surface area contributed by atoms with E-state index in [1.165, 1.54) is 7.11 Å². The maximum atomic E-state index is 12.4. The van der Waals surface area contributed by atoms with Crippen molar-refractivity contribution in [2.45, 2.75) is 46.2 Å². The summed E-state index contributed by atoms with van der Waals surface area (Å²) in [4.78, 5) is 26.2. The van der Waals surface area contributed by atoms with Crippen molar-refractivity contribution in [2.75, 3.05) is 13.8 Å². The van der Waals surface area contributed by atoms with Crippen LogP contribution in [0.4, 0.5) is 0 Å². The van der Waals surface area contributed by atoms with Crippen molar-refractivity contribution in [3.63, 3.8) is 0 Å². The predicted molar refractivity (Wildman–Crippen MR) is 93.7 cm³/mol. The van der Waals surface area contributed by atoms with Gasteiger partial charge in [-0.1, -0.05) is 6.92 Å². The minimum Gasteiger partial charge on any atom is -0.478 e. The van der Waals surface area contributed by atoms with E-state index in [9.17, 15) is 9.59 Å². The zero-order valence-electron chi connectivity index (χ0n) is 15.0. The fourth-order valence-corrected chi connectivity index (χ4v) is 3.14. The third-order valence-corrected chi connectivity index (χ3v) is 5.03. The number of carbonyl (C=O) groups is 1. The van der Waals surface area contributed by atoms with Crippen molar-refractivity contribution < 1.29 is 18.7 Å². The van der Waals surface area contributed by atoms with E-state index < -0.39 is 11.6 Å². The molecule has 0 spiro atoms. The first-order chi connectivity index (χ1) is 12.0. The van der Waals surface area contributed by atoms with E-state index in [1.54, 1.807) is 0 Å². The Labute approximate surface area is 146 Å². The van der Waals surface area contributed by atoms with E-state index in [0.717, 1.165) is 28.7 Å². The van der Waals surface area contributed by atoms with Crippen LogP contribution in [0.2, 0.25) is 0 Å². The monoisotopic (exact) mass is 345 g/mol. The minimum absolute atomic E-state index is 0.0901. The number of fused-ring (bicyclic) bond motifs is 3. The highest BCUT2D eigenvalue weighted by atomic mass is 16.5. The molecule has 0 N–H and O–H groups in total. The summed E-state index contributed by atoms with van der Waals surface area (Å²) in [6.07, 6.45) is 0.920. The summed E-state index contributed by atoms with van der Waals surface area (Å²) >= 11 is 0. The Kier molecular flexibility index (Phi) is 4.81. The van der Waals surface area contributed by atoms with Crippen LogP contribution in [0.5, 0.6) is 5.75 Å². The molecule has 1 aromatic carbocycles. The van der Waals surface area contributed by atoms with Crippen LogP contribution in [0.3, 0.4) is 0 Å². The molecule has 1 aliphatic rings. The Balaban J connectivity index is 2.12. The molecule has 3 rings (SSSR count). The van der Waals surface area contributed by atoms with E-state index in [4.69, 9.17) is 9.15 Å². The topological polar surface area (TPSA) is 69.0 Å². The molecule has 0 aliphatic carbocycles. The lowest BCUT2D eigenvalue weighted by atomic mass is 10.00. The van der Waals surface area contributed by atoms with Crippen molar-refractivity contribution in [1.29, 1.82) is 0 Å². The fraction of sp³-hybridized carbons (Fsp3) is 0.474. The second kappa shape index (κ2) is 6.88. The van der Waals surface area contributed by atoms with E-state index in [0.29, 0.717) is 30.5 Å². The zero-order valence-corrected chi connectivity index (χ0v) is 15.0. The van der Waals surface area contributed by atoms with Crippen LogP contribution in [0.15, 0.2) is 21.3 Å². The van der Waals surface area contributed by atoms with Gasteiger partial charge in [-0.2, -0.15) is 0 Å².